The van der Waals surface area contributed by atoms with Gasteiger partial charge in [-0.05, 0) is 18.2 Å². The Hall–Kier alpha value is -2.01. The molecule has 4 nitrogen and oxygen atoms in total. The number of nitrogens with zero attached hydrogens (tertiary/aromatic N) is 3. The number of hydrogen-bond acceptors (Lipinski definition) is 4. The van der Waals surface area contributed by atoms with Crippen LogP contribution in [0.4, 0.5) is 0 Å². The standard InChI is InChI=1S/C14H13N3OS/c1-18-12-7-3-2-6-11(12)10-19-14-16-15-13-8-4-5-9-17(13)14/h2-9H,10H2,1H3. The fraction of sp³-hybridized carbons (Fsp3) is 0.143. The second-order valence-electron chi connectivity index (χ2n) is 4.01. The molecule has 0 N–H and O–H groups in total. The molecule has 0 unspecified atom stereocenters. The number of para-hydroxylation sites is 1. The zero-order valence-corrected chi connectivity index (χ0v) is 11.3. The first kappa shape index (κ1) is 12.0. The van der Waals surface area contributed by atoms with E-state index in [9.17, 15) is 0 Å². The molecule has 0 fully saturated rings. The number of thioether (sulfide) groups is 1. The van der Waals surface area contributed by atoms with Gasteiger partial charge in [-0.1, -0.05) is 36.0 Å². The second-order valence-corrected chi connectivity index (χ2v) is 4.95. The first-order chi connectivity index (χ1) is 9.38. The molecule has 0 atom stereocenters. The Labute approximate surface area is 115 Å². The molecule has 3 aromatic rings. The van der Waals surface area contributed by atoms with Crippen molar-refractivity contribution in [2.45, 2.75) is 10.9 Å². The largest absolute Gasteiger partial charge is 0.496 e. The lowest BCUT2D eigenvalue weighted by molar-refractivity contribution is 0.411. The first-order valence-electron chi connectivity index (χ1n) is 5.93. The van der Waals surface area contributed by atoms with Crippen LogP contribution in [-0.4, -0.2) is 21.7 Å². The van der Waals surface area contributed by atoms with Crippen molar-refractivity contribution < 1.29 is 4.74 Å². The van der Waals surface area contributed by atoms with E-state index in [1.165, 1.54) is 0 Å². The van der Waals surface area contributed by atoms with Gasteiger partial charge in [-0.15, -0.1) is 10.2 Å². The maximum atomic E-state index is 5.35. The average molecular weight is 271 g/mol. The van der Waals surface area contributed by atoms with E-state index < -0.39 is 0 Å². The maximum Gasteiger partial charge on any atom is 0.195 e. The Morgan fingerprint density at radius 2 is 1.95 bits per heavy atom. The second kappa shape index (κ2) is 5.32. The van der Waals surface area contributed by atoms with E-state index in [4.69, 9.17) is 4.74 Å². The molecule has 2 heterocycles. The molecule has 3 rings (SSSR count). The quantitative estimate of drug-likeness (QED) is 0.684. The number of methoxy groups -OCH3 is 1. The SMILES string of the molecule is COc1ccccc1CSc1nnc2ccccn12. The third-order valence-corrected chi connectivity index (χ3v) is 3.82. The molecule has 0 aliphatic heterocycles. The number of aromatic nitrogens is 3. The minimum Gasteiger partial charge on any atom is -0.496 e. The highest BCUT2D eigenvalue weighted by Crippen LogP contribution is 2.26. The fourth-order valence-electron chi connectivity index (χ4n) is 1.88. The van der Waals surface area contributed by atoms with E-state index in [0.717, 1.165) is 27.9 Å². The molecule has 0 amide bonds. The first-order valence-corrected chi connectivity index (χ1v) is 6.91. The predicted octanol–water partition coefficient (Wildman–Crippen LogP) is 3.03. The van der Waals surface area contributed by atoms with Gasteiger partial charge < -0.3 is 4.74 Å². The molecular weight excluding hydrogens is 258 g/mol. The summed E-state index contributed by atoms with van der Waals surface area (Å²) in [6.07, 6.45) is 1.97. The molecule has 0 bridgehead atoms. The van der Waals surface area contributed by atoms with Crippen LogP contribution >= 0.6 is 11.8 Å². The van der Waals surface area contributed by atoms with Crippen molar-refractivity contribution in [3.05, 3.63) is 54.2 Å². The average Bonchev–Trinajstić information content (AvgIpc) is 2.89. The molecule has 2 aromatic heterocycles. The van der Waals surface area contributed by atoms with Crippen LogP contribution in [0.25, 0.3) is 5.65 Å². The highest BCUT2D eigenvalue weighted by atomic mass is 32.2. The number of pyridine rings is 1. The number of fused-ring (bicyclic) bond motifs is 1. The van der Waals surface area contributed by atoms with Crippen LogP contribution in [0.2, 0.25) is 0 Å². The lowest BCUT2D eigenvalue weighted by Crippen LogP contribution is -1.91. The van der Waals surface area contributed by atoms with Crippen molar-refractivity contribution in [3.8, 4) is 5.75 Å². The molecular formula is C14H13N3OS. The summed E-state index contributed by atoms with van der Waals surface area (Å²) in [4.78, 5) is 0. The van der Waals surface area contributed by atoms with Crippen LogP contribution in [-0.2, 0) is 5.75 Å². The van der Waals surface area contributed by atoms with Gasteiger partial charge in [0.1, 0.15) is 5.75 Å². The Balaban J connectivity index is 1.82. The zero-order chi connectivity index (χ0) is 13.1. The van der Waals surface area contributed by atoms with Crippen LogP contribution in [0.1, 0.15) is 5.56 Å². The fourth-order valence-corrected chi connectivity index (χ4v) is 2.80. The van der Waals surface area contributed by atoms with Crippen molar-refractivity contribution in [3.63, 3.8) is 0 Å². The van der Waals surface area contributed by atoms with Gasteiger partial charge in [-0.25, -0.2) is 0 Å². The molecule has 0 aliphatic rings. The molecule has 0 aliphatic carbocycles. The molecule has 19 heavy (non-hydrogen) atoms. The zero-order valence-electron chi connectivity index (χ0n) is 10.5. The summed E-state index contributed by atoms with van der Waals surface area (Å²) in [6, 6.07) is 13.9. The summed E-state index contributed by atoms with van der Waals surface area (Å²) in [6.45, 7) is 0. The summed E-state index contributed by atoms with van der Waals surface area (Å²) in [5.74, 6) is 1.71. The number of hydrogen-bond donors (Lipinski definition) is 0. The van der Waals surface area contributed by atoms with Gasteiger partial charge in [0.15, 0.2) is 10.8 Å². The molecule has 0 saturated heterocycles. The minimum absolute atomic E-state index is 0.805. The van der Waals surface area contributed by atoms with Gasteiger partial charge in [0.25, 0.3) is 0 Å². The minimum atomic E-state index is 0.805. The Morgan fingerprint density at radius 3 is 2.84 bits per heavy atom. The lowest BCUT2D eigenvalue weighted by atomic mass is 10.2. The number of benzene rings is 1. The number of ether oxygens (including phenoxy) is 1. The summed E-state index contributed by atoms with van der Waals surface area (Å²) in [5, 5.41) is 9.23. The van der Waals surface area contributed by atoms with E-state index in [0.29, 0.717) is 0 Å². The monoisotopic (exact) mass is 271 g/mol. The predicted molar refractivity (Wildman–Crippen MR) is 75.5 cm³/mol. The van der Waals surface area contributed by atoms with Gasteiger partial charge >= 0.3 is 0 Å². The Kier molecular flexibility index (Phi) is 3.37. The van der Waals surface area contributed by atoms with Gasteiger partial charge in [0.05, 0.1) is 7.11 Å². The van der Waals surface area contributed by atoms with Gasteiger partial charge in [0, 0.05) is 17.5 Å². The van der Waals surface area contributed by atoms with E-state index in [-0.39, 0.29) is 0 Å². The smallest absolute Gasteiger partial charge is 0.195 e. The lowest BCUT2D eigenvalue weighted by Gasteiger charge is -2.06. The highest BCUT2D eigenvalue weighted by Gasteiger charge is 2.07. The summed E-state index contributed by atoms with van der Waals surface area (Å²) in [7, 11) is 1.69. The van der Waals surface area contributed by atoms with Crippen LogP contribution in [0.3, 0.4) is 0 Å². The number of rotatable bonds is 4. The topological polar surface area (TPSA) is 39.4 Å². The van der Waals surface area contributed by atoms with Crippen molar-refractivity contribution in [2.75, 3.05) is 7.11 Å². The van der Waals surface area contributed by atoms with Crippen molar-refractivity contribution >= 4 is 17.4 Å². The van der Waals surface area contributed by atoms with Crippen LogP contribution in [0.5, 0.6) is 5.75 Å². The van der Waals surface area contributed by atoms with E-state index in [1.54, 1.807) is 18.9 Å². The van der Waals surface area contributed by atoms with Gasteiger partial charge in [-0.2, -0.15) is 0 Å². The molecule has 5 heteroatoms. The Bertz CT molecular complexity index is 696. The van der Waals surface area contributed by atoms with Crippen molar-refractivity contribution in [1.82, 2.24) is 14.6 Å². The van der Waals surface area contributed by atoms with Crippen LogP contribution in [0.15, 0.2) is 53.8 Å². The van der Waals surface area contributed by atoms with E-state index in [1.807, 2.05) is 47.0 Å². The van der Waals surface area contributed by atoms with Crippen LogP contribution in [0, 0.1) is 0 Å². The van der Waals surface area contributed by atoms with Gasteiger partial charge in [0.2, 0.25) is 0 Å². The third-order valence-electron chi connectivity index (χ3n) is 2.83. The highest BCUT2D eigenvalue weighted by molar-refractivity contribution is 7.98. The Morgan fingerprint density at radius 1 is 1.11 bits per heavy atom. The maximum absolute atomic E-state index is 5.35. The molecule has 0 saturated carbocycles. The molecule has 96 valence electrons. The van der Waals surface area contributed by atoms with Crippen molar-refractivity contribution in [1.29, 1.82) is 0 Å². The normalized spacial score (nSPS) is 10.8. The van der Waals surface area contributed by atoms with Crippen LogP contribution < -0.4 is 4.74 Å². The molecule has 0 radical (unpaired) electrons. The molecule has 0 spiro atoms. The van der Waals surface area contributed by atoms with Crippen molar-refractivity contribution in [2.24, 2.45) is 0 Å². The third kappa shape index (κ3) is 2.42. The van der Waals surface area contributed by atoms with E-state index >= 15 is 0 Å². The van der Waals surface area contributed by atoms with E-state index in [2.05, 4.69) is 16.3 Å². The summed E-state index contributed by atoms with van der Waals surface area (Å²) >= 11 is 1.65. The summed E-state index contributed by atoms with van der Waals surface area (Å²) in [5.41, 5.74) is 2.02. The van der Waals surface area contributed by atoms with Gasteiger partial charge in [-0.3, -0.25) is 4.40 Å². The molecule has 1 aromatic carbocycles. The summed E-state index contributed by atoms with van der Waals surface area (Å²) < 4.78 is 7.33.